The summed E-state index contributed by atoms with van der Waals surface area (Å²) in [6.07, 6.45) is 0. The van der Waals surface area contributed by atoms with E-state index in [1.807, 2.05) is 6.92 Å². The molecule has 6 heteroatoms. The van der Waals surface area contributed by atoms with Gasteiger partial charge >= 0.3 is 0 Å². The number of nitrogens with one attached hydrogen (secondary N) is 1. The Morgan fingerprint density at radius 3 is 2.43 bits per heavy atom. The Morgan fingerprint density at radius 1 is 1.19 bits per heavy atom. The molecule has 0 aliphatic carbocycles. The lowest BCUT2D eigenvalue weighted by atomic mass is 10.2. The Labute approximate surface area is 122 Å². The third-order valence-corrected chi connectivity index (χ3v) is 3.03. The third kappa shape index (κ3) is 3.21. The quantitative estimate of drug-likeness (QED) is 0.914. The molecule has 1 aromatic carbocycles. The van der Waals surface area contributed by atoms with E-state index in [2.05, 4.69) is 10.3 Å². The lowest BCUT2D eigenvalue weighted by Crippen LogP contribution is -2.15. The molecular formula is C15H17F2N3O. The Bertz CT molecular complexity index is 617. The molecule has 2 rings (SSSR count). The first-order chi connectivity index (χ1) is 10.1. The molecular weight excluding hydrogens is 276 g/mol. The molecule has 0 radical (unpaired) electrons. The number of benzene rings is 1. The SMILES string of the molecule is CCNc1nc(N(C)c2ccc(OC)cc2)c(F)cc1F. The summed E-state index contributed by atoms with van der Waals surface area (Å²) in [5, 5.41) is 2.77. The van der Waals surface area contributed by atoms with E-state index in [1.54, 1.807) is 43.3 Å². The highest BCUT2D eigenvalue weighted by Gasteiger charge is 2.16. The number of aromatic nitrogens is 1. The summed E-state index contributed by atoms with van der Waals surface area (Å²) < 4.78 is 32.6. The van der Waals surface area contributed by atoms with Gasteiger partial charge in [-0.25, -0.2) is 13.8 Å². The van der Waals surface area contributed by atoms with Crippen molar-refractivity contribution >= 4 is 17.3 Å². The number of hydrogen-bond acceptors (Lipinski definition) is 4. The minimum Gasteiger partial charge on any atom is -0.497 e. The van der Waals surface area contributed by atoms with Crippen molar-refractivity contribution < 1.29 is 13.5 Å². The fourth-order valence-corrected chi connectivity index (χ4v) is 1.91. The normalized spacial score (nSPS) is 10.3. The second kappa shape index (κ2) is 6.39. The number of methoxy groups -OCH3 is 1. The molecule has 0 fully saturated rings. The first-order valence-corrected chi connectivity index (χ1v) is 6.54. The summed E-state index contributed by atoms with van der Waals surface area (Å²) in [6, 6.07) is 7.91. The van der Waals surface area contributed by atoms with E-state index in [9.17, 15) is 8.78 Å². The molecule has 0 saturated heterocycles. The van der Waals surface area contributed by atoms with Crippen LogP contribution in [0.5, 0.6) is 5.75 Å². The fourth-order valence-electron chi connectivity index (χ4n) is 1.91. The second-order valence-corrected chi connectivity index (χ2v) is 4.41. The maximum atomic E-state index is 14.0. The van der Waals surface area contributed by atoms with Crippen molar-refractivity contribution in [2.24, 2.45) is 0 Å². The average molecular weight is 293 g/mol. The van der Waals surface area contributed by atoms with E-state index >= 15 is 0 Å². The van der Waals surface area contributed by atoms with E-state index in [0.717, 1.165) is 11.8 Å². The summed E-state index contributed by atoms with van der Waals surface area (Å²) in [5.41, 5.74) is 0.719. The molecule has 0 bridgehead atoms. The molecule has 1 N–H and O–H groups in total. The van der Waals surface area contributed by atoms with E-state index in [-0.39, 0.29) is 11.6 Å². The van der Waals surface area contributed by atoms with E-state index in [1.165, 1.54) is 0 Å². The van der Waals surface area contributed by atoms with E-state index < -0.39 is 11.6 Å². The van der Waals surface area contributed by atoms with Gasteiger partial charge in [0, 0.05) is 25.3 Å². The Hall–Kier alpha value is -2.37. The lowest BCUT2D eigenvalue weighted by molar-refractivity contribution is 0.415. The number of nitrogens with zero attached hydrogens (tertiary/aromatic N) is 2. The zero-order valence-electron chi connectivity index (χ0n) is 12.2. The highest BCUT2D eigenvalue weighted by Crippen LogP contribution is 2.28. The predicted molar refractivity (Wildman–Crippen MR) is 79.4 cm³/mol. The van der Waals surface area contributed by atoms with Gasteiger partial charge in [-0.3, -0.25) is 0 Å². The smallest absolute Gasteiger partial charge is 0.171 e. The summed E-state index contributed by atoms with van der Waals surface area (Å²) >= 11 is 0. The van der Waals surface area contributed by atoms with Gasteiger partial charge in [-0.05, 0) is 31.2 Å². The molecule has 0 unspecified atom stereocenters. The van der Waals surface area contributed by atoms with Crippen LogP contribution in [0.2, 0.25) is 0 Å². The zero-order chi connectivity index (χ0) is 15.4. The minimum absolute atomic E-state index is 0.0364. The summed E-state index contributed by atoms with van der Waals surface area (Å²) in [5.74, 6) is -0.631. The van der Waals surface area contributed by atoms with Gasteiger partial charge in [0.25, 0.3) is 0 Å². The van der Waals surface area contributed by atoms with Crippen LogP contribution >= 0.6 is 0 Å². The molecule has 1 aromatic heterocycles. The molecule has 0 amide bonds. The van der Waals surface area contributed by atoms with Crippen molar-refractivity contribution in [3.05, 3.63) is 42.0 Å². The molecule has 21 heavy (non-hydrogen) atoms. The highest BCUT2D eigenvalue weighted by molar-refractivity contribution is 5.62. The van der Waals surface area contributed by atoms with E-state index in [4.69, 9.17) is 4.74 Å². The van der Waals surface area contributed by atoms with Gasteiger partial charge in [0.05, 0.1) is 7.11 Å². The Balaban J connectivity index is 2.36. The van der Waals surface area contributed by atoms with Gasteiger partial charge in [0.1, 0.15) is 5.75 Å². The van der Waals surface area contributed by atoms with Crippen LogP contribution in [0.3, 0.4) is 0 Å². The monoisotopic (exact) mass is 293 g/mol. The van der Waals surface area contributed by atoms with Crippen LogP contribution in [0, 0.1) is 11.6 Å². The molecule has 0 aliphatic rings. The van der Waals surface area contributed by atoms with Gasteiger partial charge in [-0.2, -0.15) is 0 Å². The molecule has 1 heterocycles. The van der Waals surface area contributed by atoms with Crippen molar-refractivity contribution in [2.75, 3.05) is 30.9 Å². The number of rotatable bonds is 5. The molecule has 0 saturated carbocycles. The van der Waals surface area contributed by atoms with Crippen molar-refractivity contribution in [2.45, 2.75) is 6.92 Å². The van der Waals surface area contributed by atoms with Crippen LogP contribution in [-0.4, -0.2) is 25.7 Å². The molecule has 4 nitrogen and oxygen atoms in total. The zero-order valence-corrected chi connectivity index (χ0v) is 12.2. The number of hydrogen-bond donors (Lipinski definition) is 1. The first-order valence-electron chi connectivity index (χ1n) is 6.54. The molecule has 0 spiro atoms. The van der Waals surface area contributed by atoms with Gasteiger partial charge in [-0.15, -0.1) is 0 Å². The van der Waals surface area contributed by atoms with Crippen LogP contribution in [-0.2, 0) is 0 Å². The van der Waals surface area contributed by atoms with Crippen molar-refractivity contribution in [1.82, 2.24) is 4.98 Å². The molecule has 0 aliphatic heterocycles. The maximum Gasteiger partial charge on any atom is 0.171 e. The molecule has 2 aromatic rings. The number of ether oxygens (including phenoxy) is 1. The minimum atomic E-state index is -0.715. The van der Waals surface area contributed by atoms with Crippen LogP contribution in [0.15, 0.2) is 30.3 Å². The topological polar surface area (TPSA) is 37.4 Å². The predicted octanol–water partition coefficient (Wildman–Crippen LogP) is 3.57. The van der Waals surface area contributed by atoms with Gasteiger partial charge in [-0.1, -0.05) is 0 Å². The largest absolute Gasteiger partial charge is 0.497 e. The number of anilines is 3. The molecule has 0 atom stereocenters. The summed E-state index contributed by atoms with van der Waals surface area (Å²) in [4.78, 5) is 5.56. The van der Waals surface area contributed by atoms with Gasteiger partial charge in [0.2, 0.25) is 0 Å². The first kappa shape index (κ1) is 15.0. The van der Waals surface area contributed by atoms with E-state index in [0.29, 0.717) is 12.3 Å². The summed E-state index contributed by atoms with van der Waals surface area (Å²) in [7, 11) is 3.24. The highest BCUT2D eigenvalue weighted by atomic mass is 19.1. The Morgan fingerprint density at radius 2 is 1.86 bits per heavy atom. The van der Waals surface area contributed by atoms with Gasteiger partial charge in [0.15, 0.2) is 23.3 Å². The van der Waals surface area contributed by atoms with Crippen LogP contribution in [0.25, 0.3) is 0 Å². The second-order valence-electron chi connectivity index (χ2n) is 4.41. The van der Waals surface area contributed by atoms with Crippen LogP contribution < -0.4 is 15.0 Å². The maximum absolute atomic E-state index is 14.0. The lowest BCUT2D eigenvalue weighted by Gasteiger charge is -2.20. The number of pyridine rings is 1. The van der Waals surface area contributed by atoms with Crippen LogP contribution in [0.4, 0.5) is 26.1 Å². The Kier molecular flexibility index (Phi) is 4.57. The third-order valence-electron chi connectivity index (χ3n) is 3.03. The average Bonchev–Trinajstić information content (AvgIpc) is 2.49. The number of halogens is 2. The summed E-state index contributed by atoms with van der Waals surface area (Å²) in [6.45, 7) is 2.32. The van der Waals surface area contributed by atoms with Gasteiger partial charge < -0.3 is 15.0 Å². The standard InChI is InChI=1S/C15H17F2N3O/c1-4-18-14-12(16)9-13(17)15(19-14)20(2)10-5-7-11(21-3)8-6-10/h5-9H,4H2,1-3H3,(H,18,19). The molecule has 112 valence electrons. The van der Waals surface area contributed by atoms with Crippen molar-refractivity contribution in [3.63, 3.8) is 0 Å². The van der Waals surface area contributed by atoms with Crippen molar-refractivity contribution in [1.29, 1.82) is 0 Å². The van der Waals surface area contributed by atoms with Crippen molar-refractivity contribution in [3.8, 4) is 5.75 Å². The fraction of sp³-hybridized carbons (Fsp3) is 0.267. The van der Waals surface area contributed by atoms with Crippen LogP contribution in [0.1, 0.15) is 6.92 Å².